The lowest BCUT2D eigenvalue weighted by Crippen LogP contribution is -2.00. The maximum atomic E-state index is 6.31. The topological polar surface area (TPSA) is 17.8 Å². The SMILES string of the molecule is Cc1cc(-c2cccc(Br)c2)n(-c2ccc(Cl)cc2Cl)n1. The van der Waals surface area contributed by atoms with Gasteiger partial charge in [-0.15, -0.1) is 0 Å². The van der Waals surface area contributed by atoms with Crippen LogP contribution >= 0.6 is 39.1 Å². The van der Waals surface area contributed by atoms with Crippen LogP contribution in [0.5, 0.6) is 0 Å². The lowest BCUT2D eigenvalue weighted by atomic mass is 10.1. The maximum absolute atomic E-state index is 6.31. The number of halogens is 3. The highest BCUT2D eigenvalue weighted by atomic mass is 79.9. The van der Waals surface area contributed by atoms with E-state index in [2.05, 4.69) is 27.1 Å². The van der Waals surface area contributed by atoms with Crippen LogP contribution in [-0.4, -0.2) is 9.78 Å². The molecule has 1 heterocycles. The first-order valence-electron chi connectivity index (χ1n) is 6.32. The van der Waals surface area contributed by atoms with Crippen molar-refractivity contribution >= 4 is 39.1 Å². The highest BCUT2D eigenvalue weighted by Gasteiger charge is 2.13. The van der Waals surface area contributed by atoms with Gasteiger partial charge in [0.15, 0.2) is 0 Å². The molecule has 106 valence electrons. The van der Waals surface area contributed by atoms with Gasteiger partial charge >= 0.3 is 0 Å². The Labute approximate surface area is 141 Å². The van der Waals surface area contributed by atoms with Crippen molar-refractivity contribution in [3.63, 3.8) is 0 Å². The van der Waals surface area contributed by atoms with E-state index in [1.165, 1.54) is 0 Å². The van der Waals surface area contributed by atoms with Crippen LogP contribution in [0.15, 0.2) is 53.0 Å². The lowest BCUT2D eigenvalue weighted by Gasteiger charge is -2.10. The summed E-state index contributed by atoms with van der Waals surface area (Å²) in [5.41, 5.74) is 3.79. The molecule has 0 aliphatic heterocycles. The molecule has 21 heavy (non-hydrogen) atoms. The highest BCUT2D eigenvalue weighted by molar-refractivity contribution is 9.10. The van der Waals surface area contributed by atoms with Gasteiger partial charge < -0.3 is 0 Å². The fourth-order valence-corrected chi connectivity index (χ4v) is 3.08. The Morgan fingerprint density at radius 2 is 1.86 bits per heavy atom. The molecule has 0 amide bonds. The molecule has 2 aromatic carbocycles. The minimum absolute atomic E-state index is 0.571. The quantitative estimate of drug-likeness (QED) is 0.538. The normalized spacial score (nSPS) is 10.9. The fraction of sp³-hybridized carbons (Fsp3) is 0.0625. The molecule has 0 atom stereocenters. The van der Waals surface area contributed by atoms with Gasteiger partial charge in [0.2, 0.25) is 0 Å². The monoisotopic (exact) mass is 380 g/mol. The molecule has 0 fully saturated rings. The molecule has 3 rings (SSSR count). The first-order valence-corrected chi connectivity index (χ1v) is 7.87. The molecular weight excluding hydrogens is 371 g/mol. The fourth-order valence-electron chi connectivity index (χ4n) is 2.19. The summed E-state index contributed by atoms with van der Waals surface area (Å²) < 4.78 is 2.86. The van der Waals surface area contributed by atoms with Crippen LogP contribution in [0, 0.1) is 6.92 Å². The average Bonchev–Trinajstić information content (AvgIpc) is 2.80. The van der Waals surface area contributed by atoms with Crippen molar-refractivity contribution in [3.05, 3.63) is 68.7 Å². The Bertz CT molecular complexity index is 812. The van der Waals surface area contributed by atoms with Crippen molar-refractivity contribution in [2.45, 2.75) is 6.92 Å². The van der Waals surface area contributed by atoms with E-state index in [1.807, 2.05) is 48.0 Å². The largest absolute Gasteiger partial charge is 0.231 e. The molecule has 0 saturated carbocycles. The summed E-state index contributed by atoms with van der Waals surface area (Å²) in [5.74, 6) is 0. The van der Waals surface area contributed by atoms with E-state index in [0.29, 0.717) is 10.0 Å². The number of rotatable bonds is 2. The van der Waals surface area contributed by atoms with Crippen LogP contribution in [0.1, 0.15) is 5.69 Å². The second-order valence-electron chi connectivity index (χ2n) is 4.69. The van der Waals surface area contributed by atoms with Crippen LogP contribution < -0.4 is 0 Å². The van der Waals surface area contributed by atoms with Crippen molar-refractivity contribution in [3.8, 4) is 16.9 Å². The zero-order chi connectivity index (χ0) is 15.0. The molecule has 1 aromatic heterocycles. The Balaban J connectivity index is 2.20. The van der Waals surface area contributed by atoms with Gasteiger partial charge in [0.05, 0.1) is 22.1 Å². The summed E-state index contributed by atoms with van der Waals surface area (Å²) in [6.45, 7) is 1.96. The first kappa shape index (κ1) is 14.6. The zero-order valence-electron chi connectivity index (χ0n) is 11.1. The molecule has 3 aromatic rings. The van der Waals surface area contributed by atoms with Crippen molar-refractivity contribution < 1.29 is 0 Å². The molecule has 0 radical (unpaired) electrons. The minimum Gasteiger partial charge on any atom is -0.231 e. The van der Waals surface area contributed by atoms with Crippen LogP contribution in [0.25, 0.3) is 16.9 Å². The van der Waals surface area contributed by atoms with Crippen LogP contribution in [0.2, 0.25) is 10.0 Å². The molecule has 0 unspecified atom stereocenters. The zero-order valence-corrected chi connectivity index (χ0v) is 14.2. The molecule has 5 heteroatoms. The Kier molecular flexibility index (Phi) is 4.07. The third-order valence-corrected chi connectivity index (χ3v) is 4.12. The highest BCUT2D eigenvalue weighted by Crippen LogP contribution is 2.30. The average molecular weight is 382 g/mol. The molecular formula is C16H11BrCl2N2. The number of aromatic nitrogens is 2. The first-order chi connectivity index (χ1) is 10.0. The smallest absolute Gasteiger partial charge is 0.0840 e. The molecule has 0 saturated heterocycles. The van der Waals surface area contributed by atoms with E-state index in [0.717, 1.165) is 27.1 Å². The molecule has 0 N–H and O–H groups in total. The Morgan fingerprint density at radius 1 is 1.05 bits per heavy atom. The van der Waals surface area contributed by atoms with Crippen molar-refractivity contribution in [2.24, 2.45) is 0 Å². The Hall–Kier alpha value is -1.29. The number of hydrogen-bond donors (Lipinski definition) is 0. The van der Waals surface area contributed by atoms with E-state index in [1.54, 1.807) is 6.07 Å². The van der Waals surface area contributed by atoms with Gasteiger partial charge in [-0.25, -0.2) is 4.68 Å². The molecule has 0 spiro atoms. The third-order valence-electron chi connectivity index (χ3n) is 3.09. The van der Waals surface area contributed by atoms with Crippen LogP contribution in [0.4, 0.5) is 0 Å². The van der Waals surface area contributed by atoms with Crippen LogP contribution in [0.3, 0.4) is 0 Å². The minimum atomic E-state index is 0.571. The summed E-state index contributed by atoms with van der Waals surface area (Å²) in [6.07, 6.45) is 0. The molecule has 0 aliphatic rings. The van der Waals surface area contributed by atoms with Gasteiger partial charge in [-0.05, 0) is 43.3 Å². The van der Waals surface area contributed by atoms with E-state index >= 15 is 0 Å². The summed E-state index contributed by atoms with van der Waals surface area (Å²) in [6, 6.07) is 15.5. The van der Waals surface area contributed by atoms with Gasteiger partial charge in [-0.2, -0.15) is 5.10 Å². The van der Waals surface area contributed by atoms with Gasteiger partial charge in [-0.3, -0.25) is 0 Å². The van der Waals surface area contributed by atoms with E-state index in [9.17, 15) is 0 Å². The van der Waals surface area contributed by atoms with Gasteiger partial charge in [0.1, 0.15) is 0 Å². The van der Waals surface area contributed by atoms with Crippen molar-refractivity contribution in [2.75, 3.05) is 0 Å². The number of hydrogen-bond acceptors (Lipinski definition) is 1. The van der Waals surface area contributed by atoms with E-state index < -0.39 is 0 Å². The maximum Gasteiger partial charge on any atom is 0.0840 e. The lowest BCUT2D eigenvalue weighted by molar-refractivity contribution is 0.869. The molecule has 2 nitrogen and oxygen atoms in total. The second-order valence-corrected chi connectivity index (χ2v) is 6.45. The summed E-state index contributed by atoms with van der Waals surface area (Å²) in [7, 11) is 0. The standard InChI is InChI=1S/C16H11BrCl2N2/c1-10-7-16(11-3-2-4-12(17)8-11)21(20-10)15-6-5-13(18)9-14(15)19/h2-9H,1H3. The van der Waals surface area contributed by atoms with E-state index in [4.69, 9.17) is 23.2 Å². The van der Waals surface area contributed by atoms with Crippen LogP contribution in [-0.2, 0) is 0 Å². The summed E-state index contributed by atoms with van der Waals surface area (Å²) in [5, 5.41) is 5.73. The van der Waals surface area contributed by atoms with E-state index in [-0.39, 0.29) is 0 Å². The summed E-state index contributed by atoms with van der Waals surface area (Å²) in [4.78, 5) is 0. The molecule has 0 aliphatic carbocycles. The molecule has 0 bridgehead atoms. The number of benzene rings is 2. The third kappa shape index (κ3) is 3.00. The van der Waals surface area contributed by atoms with Crippen molar-refractivity contribution in [1.29, 1.82) is 0 Å². The number of aryl methyl sites for hydroxylation is 1. The second kappa shape index (κ2) is 5.84. The summed E-state index contributed by atoms with van der Waals surface area (Å²) >= 11 is 15.8. The van der Waals surface area contributed by atoms with Gasteiger partial charge in [-0.1, -0.05) is 51.3 Å². The predicted octanol–water partition coefficient (Wildman–Crippen LogP) is 5.92. The predicted molar refractivity (Wildman–Crippen MR) is 91.5 cm³/mol. The van der Waals surface area contributed by atoms with Gasteiger partial charge in [0, 0.05) is 15.1 Å². The van der Waals surface area contributed by atoms with Gasteiger partial charge in [0.25, 0.3) is 0 Å². The number of nitrogens with zero attached hydrogens (tertiary/aromatic N) is 2. The van der Waals surface area contributed by atoms with Crippen molar-refractivity contribution in [1.82, 2.24) is 9.78 Å². The Morgan fingerprint density at radius 3 is 2.57 bits per heavy atom.